The van der Waals surface area contributed by atoms with Crippen LogP contribution in [0.1, 0.15) is 30.3 Å². The summed E-state index contributed by atoms with van der Waals surface area (Å²) in [6.45, 7) is 4.84. The summed E-state index contributed by atoms with van der Waals surface area (Å²) in [7, 11) is -1.22. The maximum absolute atomic E-state index is 13.5. The van der Waals surface area contributed by atoms with E-state index in [1.807, 2.05) is 29.5 Å². The minimum atomic E-state index is -3.13. The number of piperidine rings is 1. The molecule has 6 rings (SSSR count). The molecule has 10 nitrogen and oxygen atoms in total. The van der Waals surface area contributed by atoms with E-state index < -0.39 is 10.0 Å². The largest absolute Gasteiger partial charge is 0.355 e. The fourth-order valence-electron chi connectivity index (χ4n) is 5.62. The highest BCUT2D eigenvalue weighted by Gasteiger charge is 2.48. The van der Waals surface area contributed by atoms with Crippen molar-refractivity contribution in [1.29, 1.82) is 5.26 Å². The highest BCUT2D eigenvalue weighted by Crippen LogP contribution is 2.42. The van der Waals surface area contributed by atoms with Gasteiger partial charge in [-0.3, -0.25) is 4.40 Å². The first-order valence-electron chi connectivity index (χ1n) is 13.1. The van der Waals surface area contributed by atoms with Gasteiger partial charge in [-0.2, -0.15) is 5.26 Å². The van der Waals surface area contributed by atoms with Crippen molar-refractivity contribution in [1.82, 2.24) is 23.7 Å². The van der Waals surface area contributed by atoms with Gasteiger partial charge in [-0.1, -0.05) is 18.3 Å². The quantitative estimate of drug-likeness (QED) is 0.336. The number of fused-ring (bicyclic) bond motifs is 1. The zero-order valence-electron chi connectivity index (χ0n) is 22.5. The first-order chi connectivity index (χ1) is 19.1. The Morgan fingerprint density at radius 2 is 1.88 bits per heavy atom. The lowest BCUT2D eigenvalue weighted by Gasteiger charge is -2.52. The Kier molecular flexibility index (Phi) is 6.52. The van der Waals surface area contributed by atoms with Crippen molar-refractivity contribution in [3.8, 4) is 17.3 Å². The van der Waals surface area contributed by atoms with Gasteiger partial charge in [-0.15, -0.1) is 0 Å². The molecule has 0 aliphatic carbocycles. The topological polar surface area (TPSA) is 111 Å². The van der Waals surface area contributed by atoms with E-state index in [0.717, 1.165) is 48.9 Å². The number of rotatable bonds is 6. The van der Waals surface area contributed by atoms with Gasteiger partial charge < -0.3 is 9.80 Å². The number of nitriles is 1. The molecule has 0 radical (unpaired) electrons. The van der Waals surface area contributed by atoms with Crippen LogP contribution in [-0.4, -0.2) is 71.6 Å². The molecule has 2 aliphatic rings. The van der Waals surface area contributed by atoms with Crippen molar-refractivity contribution < 1.29 is 12.8 Å². The van der Waals surface area contributed by atoms with E-state index in [1.54, 1.807) is 22.6 Å². The summed E-state index contributed by atoms with van der Waals surface area (Å²) >= 11 is 1.28. The molecule has 5 heterocycles. The van der Waals surface area contributed by atoms with E-state index in [2.05, 4.69) is 11.0 Å². The van der Waals surface area contributed by atoms with Crippen LogP contribution < -0.4 is 9.80 Å². The zero-order valence-corrected chi connectivity index (χ0v) is 24.1. The molecule has 0 atom stereocenters. The van der Waals surface area contributed by atoms with E-state index in [-0.39, 0.29) is 11.2 Å². The van der Waals surface area contributed by atoms with Crippen molar-refractivity contribution in [2.24, 2.45) is 5.41 Å². The fourth-order valence-corrected chi connectivity index (χ4v) is 7.49. The fraction of sp³-hybridized carbons (Fsp3) is 0.407. The second-order valence-electron chi connectivity index (χ2n) is 10.6. The second-order valence-corrected chi connectivity index (χ2v) is 13.5. The third kappa shape index (κ3) is 4.59. The molecule has 2 aliphatic heterocycles. The van der Waals surface area contributed by atoms with E-state index >= 15 is 0 Å². The summed E-state index contributed by atoms with van der Waals surface area (Å²) < 4.78 is 40.8. The Balaban J connectivity index is 1.29. The van der Waals surface area contributed by atoms with Gasteiger partial charge >= 0.3 is 0 Å². The van der Waals surface area contributed by atoms with Gasteiger partial charge in [0.15, 0.2) is 10.8 Å². The van der Waals surface area contributed by atoms with Crippen molar-refractivity contribution in [2.45, 2.75) is 26.2 Å². The molecule has 1 spiro atoms. The second kappa shape index (κ2) is 9.79. The normalized spacial score (nSPS) is 17.2. The van der Waals surface area contributed by atoms with Crippen LogP contribution in [0.4, 0.5) is 21.2 Å². The van der Waals surface area contributed by atoms with Gasteiger partial charge in [0.2, 0.25) is 10.0 Å². The molecule has 0 amide bonds. The summed E-state index contributed by atoms with van der Waals surface area (Å²) in [5.74, 6) is 1.34. The number of hydrogen-bond donors (Lipinski definition) is 0. The molecule has 2 fully saturated rings. The molecule has 0 saturated carbocycles. The van der Waals surface area contributed by atoms with E-state index in [1.165, 1.54) is 29.7 Å². The molecule has 0 N–H and O–H groups in total. The molecule has 0 bridgehead atoms. The lowest BCUT2D eigenvalue weighted by Crippen LogP contribution is -2.61. The molecule has 1 aromatic carbocycles. The Labute approximate surface area is 236 Å². The number of thiazole rings is 1. The predicted octanol–water partition coefficient (Wildman–Crippen LogP) is 4.06. The number of anilines is 3. The van der Waals surface area contributed by atoms with Crippen LogP contribution in [0.3, 0.4) is 0 Å². The Hall–Kier alpha value is -3.60. The third-order valence-corrected chi connectivity index (χ3v) is 10.2. The minimum absolute atomic E-state index is 0.0605. The van der Waals surface area contributed by atoms with Gasteiger partial charge in [0, 0.05) is 44.2 Å². The van der Waals surface area contributed by atoms with Crippen LogP contribution >= 0.6 is 11.3 Å². The van der Waals surface area contributed by atoms with Crippen molar-refractivity contribution in [2.75, 3.05) is 49.3 Å². The number of imidazole rings is 1. The van der Waals surface area contributed by atoms with Crippen molar-refractivity contribution in [3.05, 3.63) is 53.0 Å². The average Bonchev–Trinajstić information content (AvgIpc) is 3.52. The molecule has 0 unspecified atom stereocenters. The van der Waals surface area contributed by atoms with Gasteiger partial charge in [0.05, 0.1) is 24.3 Å². The van der Waals surface area contributed by atoms with E-state index in [4.69, 9.17) is 15.0 Å². The van der Waals surface area contributed by atoms with Gasteiger partial charge in [0.25, 0.3) is 0 Å². The first kappa shape index (κ1) is 26.6. The third-order valence-electron chi connectivity index (χ3n) is 7.95. The Bertz CT molecular complexity index is 1730. The lowest BCUT2D eigenvalue weighted by molar-refractivity contribution is 0.0441. The van der Waals surface area contributed by atoms with Crippen LogP contribution in [0.2, 0.25) is 0 Å². The van der Waals surface area contributed by atoms with Gasteiger partial charge in [-0.25, -0.2) is 32.1 Å². The average molecular weight is 581 g/mol. The number of hydrogen-bond acceptors (Lipinski definition) is 9. The van der Waals surface area contributed by atoms with Crippen LogP contribution in [-0.2, 0) is 16.4 Å². The number of halogens is 1. The zero-order chi connectivity index (χ0) is 28.2. The first-order valence-corrected chi connectivity index (χ1v) is 15.7. The Morgan fingerprint density at radius 3 is 2.50 bits per heavy atom. The van der Waals surface area contributed by atoms with Gasteiger partial charge in [0.1, 0.15) is 34.1 Å². The Morgan fingerprint density at radius 1 is 1.18 bits per heavy atom. The van der Waals surface area contributed by atoms with Crippen LogP contribution in [0.5, 0.6) is 0 Å². The summed E-state index contributed by atoms with van der Waals surface area (Å²) in [6, 6.07) is 8.22. The van der Waals surface area contributed by atoms with Crippen LogP contribution in [0, 0.1) is 22.6 Å². The maximum atomic E-state index is 13.5. The molecule has 208 valence electrons. The minimum Gasteiger partial charge on any atom is -0.355 e. The summed E-state index contributed by atoms with van der Waals surface area (Å²) in [5, 5.41) is 10.4. The van der Waals surface area contributed by atoms with Gasteiger partial charge in [-0.05, 0) is 43.5 Å². The number of benzene rings is 1. The molecule has 13 heteroatoms. The number of aromatic nitrogens is 4. The molecule has 4 aromatic rings. The molecule has 2 saturated heterocycles. The van der Waals surface area contributed by atoms with E-state index in [9.17, 15) is 18.1 Å². The highest BCUT2D eigenvalue weighted by atomic mass is 32.2. The summed E-state index contributed by atoms with van der Waals surface area (Å²) in [4.78, 5) is 18.9. The monoisotopic (exact) mass is 580 g/mol. The van der Waals surface area contributed by atoms with Crippen molar-refractivity contribution >= 4 is 43.8 Å². The van der Waals surface area contributed by atoms with Crippen LogP contribution in [0.15, 0.2) is 36.7 Å². The van der Waals surface area contributed by atoms with Crippen LogP contribution in [0.25, 0.3) is 16.9 Å². The highest BCUT2D eigenvalue weighted by molar-refractivity contribution is 7.88. The molecular weight excluding hydrogens is 551 g/mol. The number of sulfonamides is 1. The predicted molar refractivity (Wildman–Crippen MR) is 153 cm³/mol. The SMILES string of the molecule is CCc1nc2cnc(N3CCC4(CC3)CN(S(C)(=O)=O)C4)cn2c1N(C)c1nc(-c2ccc(F)cc2)c(C#N)s1. The number of nitrogens with zero attached hydrogens (tertiary/aromatic N) is 8. The molecule has 40 heavy (non-hydrogen) atoms. The molecular formula is C27H29FN8O2S2. The summed E-state index contributed by atoms with van der Waals surface area (Å²) in [6.07, 6.45) is 7.57. The van der Waals surface area contributed by atoms with Crippen molar-refractivity contribution in [3.63, 3.8) is 0 Å². The summed E-state index contributed by atoms with van der Waals surface area (Å²) in [5.41, 5.74) is 2.87. The molecule has 3 aromatic heterocycles. The standard InChI is InChI=1S/C27H29FN8O2S2/c1-4-20-25(33(2)26-32-24(21(13-29)39-26)18-5-7-19(28)8-6-18)36-15-23(30-14-22(36)31-20)34-11-9-27(10-12-34)16-35(17-27)40(3,37)38/h5-8,14-15H,4,9-12,16-17H2,1-3H3. The lowest BCUT2D eigenvalue weighted by atomic mass is 9.73. The smallest absolute Gasteiger partial charge is 0.211 e. The maximum Gasteiger partial charge on any atom is 0.211 e. The number of aryl methyl sites for hydroxylation is 1. The van der Waals surface area contributed by atoms with E-state index in [0.29, 0.717) is 40.8 Å².